The average molecular weight is 282 g/mol. The van der Waals surface area contributed by atoms with Crippen LogP contribution in [-0.2, 0) is 12.4 Å². The minimum atomic E-state index is 0.315. The van der Waals surface area contributed by atoms with Crippen LogP contribution in [0.1, 0.15) is 11.3 Å². The molecule has 18 heavy (non-hydrogen) atoms. The summed E-state index contributed by atoms with van der Waals surface area (Å²) in [6.45, 7) is 0.763. The molecule has 0 saturated carbocycles. The fourth-order valence-electron chi connectivity index (χ4n) is 1.62. The Morgan fingerprint density at radius 1 is 1.17 bits per heavy atom. The maximum absolute atomic E-state index is 5.99. The van der Waals surface area contributed by atoms with E-state index in [-0.39, 0.29) is 0 Å². The Hall–Kier alpha value is -1.32. The molecule has 0 aliphatic rings. The summed E-state index contributed by atoms with van der Waals surface area (Å²) >= 11 is 11.8. The van der Waals surface area contributed by atoms with Gasteiger partial charge in [-0.15, -0.1) is 11.6 Å². The highest BCUT2D eigenvalue weighted by Crippen LogP contribution is 2.21. The van der Waals surface area contributed by atoms with Crippen LogP contribution >= 0.6 is 23.2 Å². The van der Waals surface area contributed by atoms with Crippen molar-refractivity contribution >= 4 is 29.0 Å². The van der Waals surface area contributed by atoms with Crippen molar-refractivity contribution < 1.29 is 0 Å². The number of halogens is 2. The molecule has 2 aromatic rings. The highest BCUT2D eigenvalue weighted by Gasteiger charge is 2.07. The normalized spacial score (nSPS) is 10.4. The maximum atomic E-state index is 5.99. The molecule has 2 aromatic heterocycles. The smallest absolute Gasteiger partial charge is 0.129 e. The van der Waals surface area contributed by atoms with E-state index in [4.69, 9.17) is 23.2 Å². The summed E-state index contributed by atoms with van der Waals surface area (Å²) in [4.78, 5) is 10.5. The van der Waals surface area contributed by atoms with Gasteiger partial charge in [0.15, 0.2) is 0 Å². The first-order valence-electron chi connectivity index (χ1n) is 5.52. The van der Waals surface area contributed by atoms with Gasteiger partial charge in [0.05, 0.1) is 16.6 Å². The molecule has 5 heteroatoms. The van der Waals surface area contributed by atoms with Gasteiger partial charge in [0, 0.05) is 26.0 Å². The summed E-state index contributed by atoms with van der Waals surface area (Å²) in [5, 5.41) is 0.603. The third kappa shape index (κ3) is 3.12. The van der Waals surface area contributed by atoms with Crippen molar-refractivity contribution in [2.75, 3.05) is 11.9 Å². The van der Waals surface area contributed by atoms with Crippen LogP contribution in [0.4, 0.5) is 5.82 Å². The Labute approximate surface area is 116 Å². The molecular weight excluding hydrogens is 269 g/mol. The van der Waals surface area contributed by atoms with Crippen molar-refractivity contribution in [3.63, 3.8) is 0 Å². The van der Waals surface area contributed by atoms with Crippen LogP contribution in [0.25, 0.3) is 0 Å². The van der Waals surface area contributed by atoms with Crippen molar-refractivity contribution in [1.29, 1.82) is 0 Å². The van der Waals surface area contributed by atoms with Crippen molar-refractivity contribution in [2.45, 2.75) is 12.4 Å². The molecular formula is C13H13Cl2N3. The molecule has 0 radical (unpaired) electrons. The molecule has 0 fully saturated rings. The number of hydrogen-bond donors (Lipinski definition) is 0. The van der Waals surface area contributed by atoms with Crippen LogP contribution in [0.3, 0.4) is 0 Å². The summed E-state index contributed by atoms with van der Waals surface area (Å²) < 4.78 is 0. The summed E-state index contributed by atoms with van der Waals surface area (Å²) in [6, 6.07) is 7.67. The molecule has 0 unspecified atom stereocenters. The van der Waals surface area contributed by atoms with E-state index in [0.29, 0.717) is 16.6 Å². The molecule has 0 aliphatic heterocycles. The van der Waals surface area contributed by atoms with Gasteiger partial charge in [0.1, 0.15) is 5.82 Å². The Morgan fingerprint density at radius 3 is 2.56 bits per heavy atom. The maximum Gasteiger partial charge on any atom is 0.129 e. The number of pyridine rings is 2. The van der Waals surface area contributed by atoms with Crippen molar-refractivity contribution in [1.82, 2.24) is 9.97 Å². The van der Waals surface area contributed by atoms with Crippen LogP contribution in [0, 0.1) is 0 Å². The van der Waals surface area contributed by atoms with Gasteiger partial charge in [-0.2, -0.15) is 0 Å². The fraction of sp³-hybridized carbons (Fsp3) is 0.231. The average Bonchev–Trinajstić information content (AvgIpc) is 2.40. The van der Waals surface area contributed by atoms with E-state index in [2.05, 4.69) is 9.97 Å². The molecule has 0 bridgehead atoms. The van der Waals surface area contributed by atoms with Crippen LogP contribution in [0.15, 0.2) is 36.7 Å². The lowest BCUT2D eigenvalue weighted by atomic mass is 10.2. The standard InChI is InChI=1S/C13H13Cl2N3/c1-18(9-10-4-6-16-7-5-10)13-3-2-11(15)12(8-14)17-13/h2-7H,8-9H2,1H3. The first-order chi connectivity index (χ1) is 8.70. The van der Waals surface area contributed by atoms with Crippen molar-refractivity contribution in [2.24, 2.45) is 0 Å². The van der Waals surface area contributed by atoms with E-state index in [1.165, 1.54) is 5.56 Å². The molecule has 94 valence electrons. The minimum absolute atomic E-state index is 0.315. The van der Waals surface area contributed by atoms with E-state index >= 15 is 0 Å². The number of aromatic nitrogens is 2. The number of alkyl halides is 1. The zero-order chi connectivity index (χ0) is 13.0. The quantitative estimate of drug-likeness (QED) is 0.804. The van der Waals surface area contributed by atoms with Crippen LogP contribution < -0.4 is 4.90 Å². The second-order valence-electron chi connectivity index (χ2n) is 3.94. The molecule has 0 atom stereocenters. The van der Waals surface area contributed by atoms with E-state index in [1.54, 1.807) is 12.4 Å². The summed E-state index contributed by atoms with van der Waals surface area (Å²) in [7, 11) is 1.98. The monoisotopic (exact) mass is 281 g/mol. The lowest BCUT2D eigenvalue weighted by molar-refractivity contribution is 0.888. The third-order valence-corrected chi connectivity index (χ3v) is 3.19. The number of hydrogen-bond acceptors (Lipinski definition) is 3. The summed E-state index contributed by atoms with van der Waals surface area (Å²) in [5.41, 5.74) is 1.88. The van der Waals surface area contributed by atoms with Gasteiger partial charge in [-0.05, 0) is 29.8 Å². The lowest BCUT2D eigenvalue weighted by Crippen LogP contribution is -2.18. The van der Waals surface area contributed by atoms with E-state index in [0.717, 1.165) is 12.4 Å². The molecule has 0 saturated heterocycles. The lowest BCUT2D eigenvalue weighted by Gasteiger charge is -2.19. The number of rotatable bonds is 4. The van der Waals surface area contributed by atoms with Crippen LogP contribution in [0.5, 0.6) is 0 Å². The highest BCUT2D eigenvalue weighted by atomic mass is 35.5. The molecule has 0 aromatic carbocycles. The van der Waals surface area contributed by atoms with E-state index < -0.39 is 0 Å². The number of nitrogens with zero attached hydrogens (tertiary/aromatic N) is 3. The minimum Gasteiger partial charge on any atom is -0.355 e. The second kappa shape index (κ2) is 6.03. The van der Waals surface area contributed by atoms with E-state index in [9.17, 15) is 0 Å². The van der Waals surface area contributed by atoms with Gasteiger partial charge in [-0.25, -0.2) is 4.98 Å². The van der Waals surface area contributed by atoms with Gasteiger partial charge in [0.25, 0.3) is 0 Å². The summed E-state index contributed by atoms with van der Waals surface area (Å²) in [6.07, 6.45) is 3.56. The van der Waals surface area contributed by atoms with Gasteiger partial charge >= 0.3 is 0 Å². The fourth-order valence-corrected chi connectivity index (χ4v) is 2.07. The predicted molar refractivity (Wildman–Crippen MR) is 75.1 cm³/mol. The van der Waals surface area contributed by atoms with Gasteiger partial charge in [0.2, 0.25) is 0 Å². The molecule has 3 nitrogen and oxygen atoms in total. The molecule has 0 spiro atoms. The van der Waals surface area contributed by atoms with Crippen molar-refractivity contribution in [3.8, 4) is 0 Å². The largest absolute Gasteiger partial charge is 0.355 e. The Morgan fingerprint density at radius 2 is 1.89 bits per heavy atom. The predicted octanol–water partition coefficient (Wildman–Crippen LogP) is 3.51. The molecule has 0 aliphatic carbocycles. The SMILES string of the molecule is CN(Cc1ccncc1)c1ccc(Cl)c(CCl)n1. The second-order valence-corrected chi connectivity index (χ2v) is 4.62. The Kier molecular flexibility index (Phi) is 4.39. The zero-order valence-electron chi connectivity index (χ0n) is 9.98. The Balaban J connectivity index is 2.16. The van der Waals surface area contributed by atoms with Gasteiger partial charge in [-0.3, -0.25) is 4.98 Å². The zero-order valence-corrected chi connectivity index (χ0v) is 11.5. The number of anilines is 1. The van der Waals surface area contributed by atoms with Crippen LogP contribution in [-0.4, -0.2) is 17.0 Å². The summed E-state index contributed by atoms with van der Waals surface area (Å²) in [5.74, 6) is 1.17. The molecule has 2 heterocycles. The Bertz CT molecular complexity index is 517. The van der Waals surface area contributed by atoms with E-state index in [1.807, 2.05) is 36.2 Å². The van der Waals surface area contributed by atoms with Crippen LogP contribution in [0.2, 0.25) is 5.02 Å². The molecule has 0 amide bonds. The van der Waals surface area contributed by atoms with Gasteiger partial charge in [-0.1, -0.05) is 11.6 Å². The van der Waals surface area contributed by atoms with Crippen molar-refractivity contribution in [3.05, 3.63) is 52.9 Å². The van der Waals surface area contributed by atoms with Gasteiger partial charge < -0.3 is 4.90 Å². The molecule has 0 N–H and O–H groups in total. The first kappa shape index (κ1) is 13.1. The highest BCUT2D eigenvalue weighted by molar-refractivity contribution is 6.32. The topological polar surface area (TPSA) is 29.0 Å². The first-order valence-corrected chi connectivity index (χ1v) is 6.43. The third-order valence-electron chi connectivity index (χ3n) is 2.59. The molecule has 2 rings (SSSR count).